The Morgan fingerprint density at radius 3 is 2.55 bits per heavy atom. The van der Waals surface area contributed by atoms with Gasteiger partial charge in [0.2, 0.25) is 0 Å². The maximum absolute atomic E-state index is 12.8. The summed E-state index contributed by atoms with van der Waals surface area (Å²) in [4.78, 5) is 23.6. The summed E-state index contributed by atoms with van der Waals surface area (Å²) in [6.45, 7) is 1.55. The van der Waals surface area contributed by atoms with E-state index in [4.69, 9.17) is 4.74 Å². The van der Waals surface area contributed by atoms with Gasteiger partial charge in [0.15, 0.2) is 6.10 Å². The van der Waals surface area contributed by atoms with Crippen molar-refractivity contribution in [1.82, 2.24) is 5.32 Å². The molecule has 0 heterocycles. The van der Waals surface area contributed by atoms with E-state index in [0.717, 1.165) is 25.7 Å². The molecule has 0 radical (unpaired) electrons. The Morgan fingerprint density at radius 1 is 1.27 bits per heavy atom. The second-order valence-electron chi connectivity index (χ2n) is 5.45. The van der Waals surface area contributed by atoms with Crippen LogP contribution in [0.3, 0.4) is 0 Å². The minimum atomic E-state index is -0.828. The second kappa shape index (κ2) is 7.73. The van der Waals surface area contributed by atoms with Crippen molar-refractivity contribution in [2.45, 2.75) is 44.8 Å². The maximum atomic E-state index is 12.8. The van der Waals surface area contributed by atoms with E-state index < -0.39 is 12.1 Å². The minimum Gasteiger partial charge on any atom is -0.449 e. The number of hydrogen-bond acceptors (Lipinski definition) is 3. The van der Waals surface area contributed by atoms with Gasteiger partial charge in [-0.2, -0.15) is 0 Å². The molecule has 2 rings (SSSR count). The molecule has 4 nitrogen and oxygen atoms in total. The zero-order chi connectivity index (χ0) is 15.9. The first-order valence-electron chi connectivity index (χ1n) is 7.49. The van der Waals surface area contributed by atoms with Gasteiger partial charge in [0.05, 0.1) is 0 Å². The van der Waals surface area contributed by atoms with Crippen molar-refractivity contribution < 1.29 is 18.7 Å². The van der Waals surface area contributed by atoms with Crippen LogP contribution in [-0.4, -0.2) is 24.0 Å². The van der Waals surface area contributed by atoms with Crippen LogP contribution in [0.25, 0.3) is 6.08 Å². The molecule has 1 saturated carbocycles. The van der Waals surface area contributed by atoms with E-state index in [0.29, 0.717) is 5.56 Å². The van der Waals surface area contributed by atoms with Crippen LogP contribution in [0.5, 0.6) is 0 Å². The first kappa shape index (κ1) is 16.2. The van der Waals surface area contributed by atoms with Gasteiger partial charge in [-0.1, -0.05) is 25.0 Å². The van der Waals surface area contributed by atoms with Crippen LogP contribution < -0.4 is 5.32 Å². The van der Waals surface area contributed by atoms with Gasteiger partial charge in [-0.05, 0) is 43.5 Å². The third-order valence-electron chi connectivity index (χ3n) is 3.65. The average molecular weight is 305 g/mol. The summed E-state index contributed by atoms with van der Waals surface area (Å²) in [5.41, 5.74) is 0.682. The summed E-state index contributed by atoms with van der Waals surface area (Å²) in [5.74, 6) is -1.20. The monoisotopic (exact) mass is 305 g/mol. The fourth-order valence-electron chi connectivity index (χ4n) is 2.39. The van der Waals surface area contributed by atoms with Gasteiger partial charge in [0.1, 0.15) is 5.82 Å². The highest BCUT2D eigenvalue weighted by Crippen LogP contribution is 2.17. The summed E-state index contributed by atoms with van der Waals surface area (Å²) >= 11 is 0. The topological polar surface area (TPSA) is 55.4 Å². The van der Waals surface area contributed by atoms with Gasteiger partial charge in [0.25, 0.3) is 5.91 Å². The molecule has 22 heavy (non-hydrogen) atoms. The van der Waals surface area contributed by atoms with Crippen LogP contribution in [-0.2, 0) is 14.3 Å². The summed E-state index contributed by atoms with van der Waals surface area (Å²) in [7, 11) is 0. The normalized spacial score (nSPS) is 16.6. The van der Waals surface area contributed by atoms with Crippen molar-refractivity contribution in [1.29, 1.82) is 0 Å². The molecule has 1 aromatic rings. The molecule has 1 aliphatic carbocycles. The zero-order valence-corrected chi connectivity index (χ0v) is 12.5. The quantitative estimate of drug-likeness (QED) is 0.672. The highest BCUT2D eigenvalue weighted by Gasteiger charge is 2.22. The first-order valence-corrected chi connectivity index (χ1v) is 7.49. The smallest absolute Gasteiger partial charge is 0.331 e. The number of benzene rings is 1. The highest BCUT2D eigenvalue weighted by molar-refractivity contribution is 5.90. The molecule has 0 bridgehead atoms. The van der Waals surface area contributed by atoms with Crippen molar-refractivity contribution >= 4 is 18.0 Å². The van der Waals surface area contributed by atoms with E-state index in [1.807, 2.05) is 0 Å². The molecule has 1 N–H and O–H groups in total. The van der Waals surface area contributed by atoms with Crippen molar-refractivity contribution in [3.05, 3.63) is 41.7 Å². The van der Waals surface area contributed by atoms with Gasteiger partial charge in [-0.3, -0.25) is 4.79 Å². The van der Waals surface area contributed by atoms with Gasteiger partial charge in [-0.15, -0.1) is 0 Å². The summed E-state index contributed by atoms with van der Waals surface area (Å²) in [6, 6.07) is 5.92. The summed E-state index contributed by atoms with van der Waals surface area (Å²) < 4.78 is 17.8. The standard InChI is InChI=1S/C17H20FNO3/c1-12(17(21)19-15-4-2-3-5-15)22-16(20)11-8-13-6-9-14(18)10-7-13/h6-12,15H,2-5H2,1H3,(H,19,21). The number of amides is 1. The number of carbonyl (C=O) groups excluding carboxylic acids is 2. The fraction of sp³-hybridized carbons (Fsp3) is 0.412. The lowest BCUT2D eigenvalue weighted by atomic mass is 10.2. The Hall–Kier alpha value is -2.17. The van der Waals surface area contributed by atoms with Crippen LogP contribution in [0, 0.1) is 5.82 Å². The molecule has 0 aliphatic heterocycles. The Balaban J connectivity index is 1.79. The van der Waals surface area contributed by atoms with Gasteiger partial charge in [0, 0.05) is 12.1 Å². The van der Waals surface area contributed by atoms with E-state index >= 15 is 0 Å². The van der Waals surface area contributed by atoms with Gasteiger partial charge in [-0.25, -0.2) is 9.18 Å². The zero-order valence-electron chi connectivity index (χ0n) is 12.5. The molecule has 1 unspecified atom stereocenters. The third-order valence-corrected chi connectivity index (χ3v) is 3.65. The molecule has 1 aliphatic rings. The predicted molar refractivity (Wildman–Crippen MR) is 81.4 cm³/mol. The molecular formula is C17H20FNO3. The number of halogens is 1. The molecule has 1 fully saturated rings. The Bertz CT molecular complexity index is 548. The molecular weight excluding hydrogens is 285 g/mol. The van der Waals surface area contributed by atoms with Crippen LogP contribution in [0.4, 0.5) is 4.39 Å². The van der Waals surface area contributed by atoms with E-state index in [-0.39, 0.29) is 17.8 Å². The Labute approximate surface area is 129 Å². The van der Waals surface area contributed by atoms with Crippen molar-refractivity contribution in [3.8, 4) is 0 Å². The molecule has 1 amide bonds. The highest BCUT2D eigenvalue weighted by atomic mass is 19.1. The fourth-order valence-corrected chi connectivity index (χ4v) is 2.39. The number of rotatable bonds is 5. The van der Waals surface area contributed by atoms with Crippen molar-refractivity contribution in [2.24, 2.45) is 0 Å². The van der Waals surface area contributed by atoms with Gasteiger partial charge < -0.3 is 10.1 Å². The lowest BCUT2D eigenvalue weighted by Gasteiger charge is -2.16. The Morgan fingerprint density at radius 2 is 1.91 bits per heavy atom. The van der Waals surface area contributed by atoms with E-state index in [2.05, 4.69) is 5.32 Å². The number of esters is 1. The number of ether oxygens (including phenoxy) is 1. The maximum Gasteiger partial charge on any atom is 0.331 e. The number of carbonyl (C=O) groups is 2. The summed E-state index contributed by atoms with van der Waals surface area (Å²) in [5, 5.41) is 2.88. The van der Waals surface area contributed by atoms with Crippen molar-refractivity contribution in [3.63, 3.8) is 0 Å². The largest absolute Gasteiger partial charge is 0.449 e. The third kappa shape index (κ3) is 4.98. The molecule has 5 heteroatoms. The van der Waals surface area contributed by atoms with Crippen LogP contribution in [0.1, 0.15) is 38.2 Å². The lowest BCUT2D eigenvalue weighted by Crippen LogP contribution is -2.40. The minimum absolute atomic E-state index is 0.198. The SMILES string of the molecule is CC(OC(=O)C=Cc1ccc(F)cc1)C(=O)NC1CCCC1. The van der Waals surface area contributed by atoms with Gasteiger partial charge >= 0.3 is 5.97 Å². The Kier molecular flexibility index (Phi) is 5.69. The van der Waals surface area contributed by atoms with E-state index in [1.54, 1.807) is 19.1 Å². The van der Waals surface area contributed by atoms with Crippen LogP contribution >= 0.6 is 0 Å². The lowest BCUT2D eigenvalue weighted by molar-refractivity contribution is -0.150. The molecule has 0 saturated heterocycles. The molecule has 0 aromatic heterocycles. The summed E-state index contributed by atoms with van der Waals surface area (Å²) in [6.07, 6.45) is 6.13. The number of hydrogen-bond donors (Lipinski definition) is 1. The molecule has 118 valence electrons. The predicted octanol–water partition coefficient (Wildman–Crippen LogP) is 2.83. The van der Waals surface area contributed by atoms with Crippen molar-refractivity contribution in [2.75, 3.05) is 0 Å². The van der Waals surface area contributed by atoms with Crippen LogP contribution in [0.2, 0.25) is 0 Å². The molecule has 1 atom stereocenters. The van der Waals surface area contributed by atoms with E-state index in [1.165, 1.54) is 24.3 Å². The molecule has 0 spiro atoms. The average Bonchev–Trinajstić information content (AvgIpc) is 2.99. The molecule has 1 aromatic carbocycles. The first-order chi connectivity index (χ1) is 10.5. The van der Waals surface area contributed by atoms with E-state index in [9.17, 15) is 14.0 Å². The number of nitrogens with one attached hydrogen (secondary N) is 1. The second-order valence-corrected chi connectivity index (χ2v) is 5.45. The van der Waals surface area contributed by atoms with Crippen LogP contribution in [0.15, 0.2) is 30.3 Å².